The lowest BCUT2D eigenvalue weighted by molar-refractivity contribution is 0.0975. The summed E-state index contributed by atoms with van der Waals surface area (Å²) in [5.74, 6) is 0.455. The smallest absolute Gasteiger partial charge is 0.194 e. The average molecular weight is 282 g/mol. The average Bonchev–Trinajstić information content (AvgIpc) is 2.95. The first-order valence-electron chi connectivity index (χ1n) is 5.12. The summed E-state index contributed by atoms with van der Waals surface area (Å²) in [6, 6.07) is 6.72. The molecule has 0 atom stereocenters. The molecule has 0 N–H and O–H groups in total. The van der Waals surface area contributed by atoms with Crippen LogP contribution in [0.4, 0.5) is 0 Å². The molecule has 2 aromatic rings. The van der Waals surface area contributed by atoms with Crippen molar-refractivity contribution in [1.82, 2.24) is 0 Å². The highest BCUT2D eigenvalue weighted by atomic mass is 33.1. The van der Waals surface area contributed by atoms with E-state index in [1.165, 1.54) is 35.4 Å². The second-order valence-corrected chi connectivity index (χ2v) is 5.65. The van der Waals surface area contributed by atoms with Crippen LogP contribution in [0.15, 0.2) is 43.3 Å². The van der Waals surface area contributed by atoms with E-state index in [4.69, 9.17) is 8.83 Å². The van der Waals surface area contributed by atoms with Gasteiger partial charge in [0.15, 0.2) is 33.3 Å². The Balaban J connectivity index is 1.97. The molecule has 0 saturated heterocycles. The highest BCUT2D eigenvalue weighted by Gasteiger charge is 2.10. The van der Waals surface area contributed by atoms with Gasteiger partial charge in [-0.25, -0.2) is 0 Å². The fourth-order valence-electron chi connectivity index (χ4n) is 1.19. The Morgan fingerprint density at radius 2 is 1.22 bits per heavy atom. The molecule has 0 amide bonds. The van der Waals surface area contributed by atoms with Gasteiger partial charge in [0.1, 0.15) is 0 Å². The van der Waals surface area contributed by atoms with Crippen molar-refractivity contribution in [1.29, 1.82) is 0 Å². The minimum Gasteiger partial charge on any atom is -0.446 e. The first-order chi connectivity index (χ1) is 8.56. The quantitative estimate of drug-likeness (QED) is 0.608. The predicted molar refractivity (Wildman–Crippen MR) is 69.1 cm³/mol. The van der Waals surface area contributed by atoms with E-state index in [2.05, 4.69) is 0 Å². The molecule has 2 heterocycles. The van der Waals surface area contributed by atoms with Gasteiger partial charge in [-0.1, -0.05) is 0 Å². The summed E-state index contributed by atoms with van der Waals surface area (Å²) in [4.78, 5) is 22.1. The van der Waals surface area contributed by atoms with Gasteiger partial charge in [0.2, 0.25) is 0 Å². The van der Waals surface area contributed by atoms with Crippen LogP contribution in [0, 0.1) is 0 Å². The Bertz CT molecular complexity index is 530. The Labute approximate surface area is 112 Å². The fraction of sp³-hybridized carbons (Fsp3) is 0.167. The summed E-state index contributed by atoms with van der Waals surface area (Å²) in [7, 11) is 2.66. The molecule has 0 bridgehead atoms. The fourth-order valence-corrected chi connectivity index (χ4v) is 2.88. The normalized spacial score (nSPS) is 10.6. The maximum Gasteiger partial charge on any atom is 0.194 e. The first-order valence-corrected chi connectivity index (χ1v) is 7.27. The number of furan rings is 2. The number of rotatable bonds is 5. The monoisotopic (exact) mass is 282 g/mol. The molecule has 0 unspecified atom stereocenters. The van der Waals surface area contributed by atoms with E-state index >= 15 is 0 Å². The van der Waals surface area contributed by atoms with Crippen molar-refractivity contribution in [2.45, 2.75) is 24.0 Å². The molecule has 0 aliphatic rings. The molecule has 2 rings (SSSR count). The molecule has 0 fully saturated rings. The largest absolute Gasteiger partial charge is 0.446 e. The third-order valence-corrected chi connectivity index (χ3v) is 4.15. The number of ketones is 2. The second-order valence-electron chi connectivity index (χ2n) is 3.52. The summed E-state index contributed by atoms with van der Waals surface area (Å²) < 4.78 is 10.6. The molecule has 2 aromatic heterocycles. The van der Waals surface area contributed by atoms with Crippen LogP contribution in [0.25, 0.3) is 0 Å². The highest BCUT2D eigenvalue weighted by Crippen LogP contribution is 2.38. The summed E-state index contributed by atoms with van der Waals surface area (Å²) in [6.07, 6.45) is 0. The summed E-state index contributed by atoms with van der Waals surface area (Å²) >= 11 is 0. The van der Waals surface area contributed by atoms with Crippen molar-refractivity contribution in [2.75, 3.05) is 0 Å². The molecule has 94 valence electrons. The third-order valence-electron chi connectivity index (χ3n) is 2.06. The highest BCUT2D eigenvalue weighted by molar-refractivity contribution is 8.76. The molecule has 0 aliphatic heterocycles. The van der Waals surface area contributed by atoms with Crippen LogP contribution in [-0.2, 0) is 0 Å². The van der Waals surface area contributed by atoms with Gasteiger partial charge in [0.25, 0.3) is 0 Å². The van der Waals surface area contributed by atoms with Gasteiger partial charge in [-0.15, -0.1) is 0 Å². The van der Waals surface area contributed by atoms with Gasteiger partial charge in [-0.3, -0.25) is 9.59 Å². The summed E-state index contributed by atoms with van der Waals surface area (Å²) in [5, 5.41) is 1.23. The van der Waals surface area contributed by atoms with Crippen LogP contribution in [0.1, 0.15) is 35.0 Å². The molecule has 0 radical (unpaired) electrons. The van der Waals surface area contributed by atoms with E-state index in [1.54, 1.807) is 24.3 Å². The zero-order valence-corrected chi connectivity index (χ0v) is 11.4. The van der Waals surface area contributed by atoms with Crippen LogP contribution >= 0.6 is 21.6 Å². The molecule has 6 heteroatoms. The van der Waals surface area contributed by atoms with Crippen molar-refractivity contribution in [3.8, 4) is 0 Å². The van der Waals surface area contributed by atoms with Crippen LogP contribution in [0.3, 0.4) is 0 Å². The predicted octanol–water partition coefficient (Wildman–Crippen LogP) is 4.08. The summed E-state index contributed by atoms with van der Waals surface area (Å²) in [6.45, 7) is 2.90. The lowest BCUT2D eigenvalue weighted by Crippen LogP contribution is -1.85. The number of carbonyl (C=O) groups is 2. The molecule has 0 aromatic carbocycles. The van der Waals surface area contributed by atoms with E-state index in [0.29, 0.717) is 21.7 Å². The van der Waals surface area contributed by atoms with Crippen molar-refractivity contribution >= 4 is 33.2 Å². The van der Waals surface area contributed by atoms with Crippen molar-refractivity contribution in [2.24, 2.45) is 0 Å². The van der Waals surface area contributed by atoms with Crippen LogP contribution in [0.5, 0.6) is 0 Å². The standard InChI is InChI=1S/C12H10O4S2/c1-7(13)9-3-5-11(15-9)17-18-12-6-4-10(16-12)8(2)14/h3-6H,1-2H3. The van der Waals surface area contributed by atoms with Crippen LogP contribution < -0.4 is 0 Å². The van der Waals surface area contributed by atoms with Crippen molar-refractivity contribution in [3.63, 3.8) is 0 Å². The van der Waals surface area contributed by atoms with E-state index in [9.17, 15) is 9.59 Å². The zero-order valence-electron chi connectivity index (χ0n) is 9.76. The molecular weight excluding hydrogens is 272 g/mol. The van der Waals surface area contributed by atoms with Gasteiger partial charge < -0.3 is 8.83 Å². The maximum atomic E-state index is 11.0. The first kappa shape index (κ1) is 13.0. The second kappa shape index (κ2) is 5.49. The van der Waals surface area contributed by atoms with E-state index < -0.39 is 0 Å². The Hall–Kier alpha value is -1.40. The molecular formula is C12H10O4S2. The molecule has 0 saturated carbocycles. The number of hydrogen-bond acceptors (Lipinski definition) is 6. The van der Waals surface area contributed by atoms with Gasteiger partial charge in [-0.2, -0.15) is 0 Å². The van der Waals surface area contributed by atoms with Gasteiger partial charge in [0, 0.05) is 13.8 Å². The maximum absolute atomic E-state index is 11.0. The van der Waals surface area contributed by atoms with Crippen molar-refractivity contribution < 1.29 is 18.4 Å². The van der Waals surface area contributed by atoms with Crippen LogP contribution in [-0.4, -0.2) is 11.6 Å². The number of hydrogen-bond donors (Lipinski definition) is 0. The van der Waals surface area contributed by atoms with Gasteiger partial charge in [-0.05, 0) is 45.9 Å². The molecule has 0 spiro atoms. The Kier molecular flexibility index (Phi) is 3.98. The van der Waals surface area contributed by atoms with Gasteiger partial charge >= 0.3 is 0 Å². The lowest BCUT2D eigenvalue weighted by Gasteiger charge is -1.93. The van der Waals surface area contributed by atoms with Gasteiger partial charge in [0.05, 0.1) is 0 Å². The topological polar surface area (TPSA) is 60.4 Å². The van der Waals surface area contributed by atoms with E-state index in [1.807, 2.05) is 0 Å². The lowest BCUT2D eigenvalue weighted by atomic mass is 10.3. The molecule has 4 nitrogen and oxygen atoms in total. The number of carbonyl (C=O) groups excluding carboxylic acids is 2. The van der Waals surface area contributed by atoms with E-state index in [-0.39, 0.29) is 11.6 Å². The zero-order chi connectivity index (χ0) is 13.1. The minimum absolute atomic E-state index is 0.108. The van der Waals surface area contributed by atoms with Crippen molar-refractivity contribution in [3.05, 3.63) is 35.8 Å². The molecule has 18 heavy (non-hydrogen) atoms. The minimum atomic E-state index is -0.108. The summed E-state index contributed by atoms with van der Waals surface area (Å²) in [5.41, 5.74) is 0. The SMILES string of the molecule is CC(=O)c1ccc(SSc2ccc(C(C)=O)o2)o1. The Morgan fingerprint density at radius 1 is 0.833 bits per heavy atom. The van der Waals surface area contributed by atoms with E-state index in [0.717, 1.165) is 0 Å². The third kappa shape index (κ3) is 3.08. The molecule has 0 aliphatic carbocycles. The van der Waals surface area contributed by atoms with Crippen LogP contribution in [0.2, 0.25) is 0 Å². The Morgan fingerprint density at radius 3 is 1.50 bits per heavy atom. The number of Topliss-reactive ketones (excluding diaryl/α,β-unsaturated/α-hetero) is 2.